The van der Waals surface area contributed by atoms with Gasteiger partial charge in [0.1, 0.15) is 0 Å². The minimum atomic E-state index is -3.46. The fourth-order valence-corrected chi connectivity index (χ4v) is 2.20. The summed E-state index contributed by atoms with van der Waals surface area (Å²) in [4.78, 5) is 11.8. The van der Waals surface area contributed by atoms with E-state index in [-0.39, 0.29) is 29.6 Å². The van der Waals surface area contributed by atoms with Gasteiger partial charge in [-0.1, -0.05) is 12.2 Å². The summed E-state index contributed by atoms with van der Waals surface area (Å²) >= 11 is 4.81. The Morgan fingerprint density at radius 2 is 2.00 bits per heavy atom. The van der Waals surface area contributed by atoms with Gasteiger partial charge in [0, 0.05) is 6.54 Å². The number of nitrogens with two attached hydrogens (primary N) is 2. The average molecular weight is 265 g/mol. The van der Waals surface area contributed by atoms with Crippen LogP contribution in [0.5, 0.6) is 0 Å². The summed E-state index contributed by atoms with van der Waals surface area (Å²) in [7, 11) is -3.46. The van der Waals surface area contributed by atoms with Gasteiger partial charge in [-0.05, 0) is 19.3 Å². The van der Waals surface area contributed by atoms with E-state index in [1.165, 1.54) is 0 Å². The lowest BCUT2D eigenvalue weighted by Crippen LogP contribution is -2.40. The standard InChI is InChI=1S/C8H15N3O3S2/c9-6(15)8(2-3-8)7(12)11-4-1-5-16(10,13)14/h1-5H2,(H2,9,15)(H,11,12)(H2,10,13,14). The van der Waals surface area contributed by atoms with Gasteiger partial charge in [0.2, 0.25) is 15.9 Å². The van der Waals surface area contributed by atoms with Crippen molar-refractivity contribution in [2.45, 2.75) is 19.3 Å². The molecule has 5 N–H and O–H groups in total. The fraction of sp³-hybridized carbons (Fsp3) is 0.750. The zero-order chi connectivity index (χ0) is 12.4. The van der Waals surface area contributed by atoms with Crippen LogP contribution in [-0.2, 0) is 14.8 Å². The van der Waals surface area contributed by atoms with Gasteiger partial charge in [-0.25, -0.2) is 13.6 Å². The van der Waals surface area contributed by atoms with Gasteiger partial charge < -0.3 is 11.1 Å². The van der Waals surface area contributed by atoms with E-state index in [0.29, 0.717) is 12.8 Å². The molecule has 0 aromatic heterocycles. The Morgan fingerprint density at radius 3 is 2.38 bits per heavy atom. The maximum absolute atomic E-state index is 11.6. The fourth-order valence-electron chi connectivity index (χ4n) is 1.35. The van der Waals surface area contributed by atoms with Crippen LogP contribution in [0.3, 0.4) is 0 Å². The number of carbonyl (C=O) groups is 1. The van der Waals surface area contributed by atoms with Crippen molar-refractivity contribution in [2.24, 2.45) is 16.3 Å². The third kappa shape index (κ3) is 3.39. The number of thiocarbonyl (C=S) groups is 1. The molecule has 1 aliphatic rings. The second-order valence-electron chi connectivity index (χ2n) is 3.92. The van der Waals surface area contributed by atoms with Gasteiger partial charge in [0.25, 0.3) is 0 Å². The second-order valence-corrected chi connectivity index (χ2v) is 6.10. The van der Waals surface area contributed by atoms with E-state index < -0.39 is 15.4 Å². The van der Waals surface area contributed by atoms with Gasteiger partial charge in [-0.2, -0.15) is 0 Å². The second kappa shape index (κ2) is 4.64. The molecule has 1 rings (SSSR count). The van der Waals surface area contributed by atoms with Crippen LogP contribution in [0.15, 0.2) is 0 Å². The molecule has 1 fully saturated rings. The van der Waals surface area contributed by atoms with E-state index in [4.69, 9.17) is 23.1 Å². The molecule has 1 amide bonds. The first-order valence-corrected chi connectivity index (χ1v) is 6.99. The molecule has 0 aliphatic heterocycles. The SMILES string of the molecule is NC(=S)C1(C(=O)NCCCS(N)(=O)=O)CC1. The molecule has 92 valence electrons. The highest BCUT2D eigenvalue weighted by Crippen LogP contribution is 2.46. The lowest BCUT2D eigenvalue weighted by molar-refractivity contribution is -0.123. The number of hydrogen-bond acceptors (Lipinski definition) is 4. The first-order chi connectivity index (χ1) is 7.28. The number of primary sulfonamides is 1. The summed E-state index contributed by atoms with van der Waals surface area (Å²) in [5, 5.41) is 7.43. The topological polar surface area (TPSA) is 115 Å². The van der Waals surface area contributed by atoms with E-state index in [1.807, 2.05) is 0 Å². The van der Waals surface area contributed by atoms with E-state index in [9.17, 15) is 13.2 Å². The Balaban J connectivity index is 2.29. The van der Waals surface area contributed by atoms with E-state index >= 15 is 0 Å². The molecule has 1 aliphatic carbocycles. The summed E-state index contributed by atoms with van der Waals surface area (Å²) in [6, 6.07) is 0. The van der Waals surface area contributed by atoms with E-state index in [0.717, 1.165) is 0 Å². The predicted molar refractivity (Wildman–Crippen MR) is 64.1 cm³/mol. The summed E-state index contributed by atoms with van der Waals surface area (Å²) in [5.74, 6) is -0.359. The third-order valence-electron chi connectivity index (χ3n) is 2.55. The lowest BCUT2D eigenvalue weighted by atomic mass is 10.1. The average Bonchev–Trinajstić information content (AvgIpc) is 2.90. The van der Waals surface area contributed by atoms with Gasteiger partial charge >= 0.3 is 0 Å². The monoisotopic (exact) mass is 265 g/mol. The Bertz CT molecular complexity index is 401. The molecule has 0 heterocycles. The first-order valence-electron chi connectivity index (χ1n) is 4.87. The first kappa shape index (κ1) is 13.3. The minimum Gasteiger partial charge on any atom is -0.392 e. The van der Waals surface area contributed by atoms with Crippen molar-refractivity contribution in [3.63, 3.8) is 0 Å². The van der Waals surface area contributed by atoms with Gasteiger partial charge in [0.05, 0.1) is 16.2 Å². The zero-order valence-corrected chi connectivity index (χ0v) is 10.4. The molecule has 0 radical (unpaired) electrons. The highest BCUT2D eigenvalue weighted by atomic mass is 32.2. The van der Waals surface area contributed by atoms with Crippen molar-refractivity contribution in [1.29, 1.82) is 0 Å². The molecule has 0 aromatic rings. The van der Waals surface area contributed by atoms with E-state index in [1.54, 1.807) is 0 Å². The molecule has 0 saturated heterocycles. The Labute approximate surface area is 99.8 Å². The molecule has 6 nitrogen and oxygen atoms in total. The molecule has 0 spiro atoms. The van der Waals surface area contributed by atoms with Crippen LogP contribution in [0, 0.1) is 5.41 Å². The number of nitrogens with one attached hydrogen (secondary N) is 1. The highest BCUT2D eigenvalue weighted by Gasteiger charge is 2.52. The van der Waals surface area contributed by atoms with Crippen LogP contribution in [0.1, 0.15) is 19.3 Å². The van der Waals surface area contributed by atoms with Gasteiger partial charge in [0.15, 0.2) is 0 Å². The van der Waals surface area contributed by atoms with Gasteiger partial charge in [-0.15, -0.1) is 0 Å². The molecular formula is C8H15N3O3S2. The molecule has 8 heteroatoms. The molecular weight excluding hydrogens is 250 g/mol. The molecule has 16 heavy (non-hydrogen) atoms. The normalized spacial score (nSPS) is 17.8. The number of carbonyl (C=O) groups excluding carboxylic acids is 1. The third-order valence-corrected chi connectivity index (χ3v) is 3.80. The number of amides is 1. The quantitative estimate of drug-likeness (QED) is 0.414. The number of sulfonamides is 1. The Morgan fingerprint density at radius 1 is 1.44 bits per heavy atom. The zero-order valence-electron chi connectivity index (χ0n) is 8.73. The van der Waals surface area contributed by atoms with Crippen LogP contribution in [0.4, 0.5) is 0 Å². The molecule has 0 unspecified atom stereocenters. The van der Waals surface area contributed by atoms with Crippen LogP contribution in [0.2, 0.25) is 0 Å². The predicted octanol–water partition coefficient (Wildman–Crippen LogP) is -1.15. The van der Waals surface area contributed by atoms with Crippen molar-refractivity contribution in [1.82, 2.24) is 5.32 Å². The van der Waals surface area contributed by atoms with E-state index in [2.05, 4.69) is 5.32 Å². The molecule has 0 aromatic carbocycles. The van der Waals surface area contributed by atoms with Crippen molar-refractivity contribution >= 4 is 33.1 Å². The number of hydrogen-bond donors (Lipinski definition) is 3. The van der Waals surface area contributed by atoms with Crippen LogP contribution < -0.4 is 16.2 Å². The van der Waals surface area contributed by atoms with Crippen LogP contribution in [-0.4, -0.2) is 31.6 Å². The minimum absolute atomic E-state index is 0.145. The smallest absolute Gasteiger partial charge is 0.233 e. The highest BCUT2D eigenvalue weighted by molar-refractivity contribution is 7.89. The van der Waals surface area contributed by atoms with Crippen LogP contribution >= 0.6 is 12.2 Å². The maximum atomic E-state index is 11.6. The Hall–Kier alpha value is -0.730. The number of rotatable bonds is 6. The summed E-state index contributed by atoms with van der Waals surface area (Å²) < 4.78 is 21.2. The van der Waals surface area contributed by atoms with Gasteiger partial charge in [-0.3, -0.25) is 4.79 Å². The maximum Gasteiger partial charge on any atom is 0.233 e. The lowest BCUT2D eigenvalue weighted by Gasteiger charge is -2.13. The largest absolute Gasteiger partial charge is 0.392 e. The molecule has 0 atom stereocenters. The van der Waals surface area contributed by atoms with Crippen molar-refractivity contribution in [2.75, 3.05) is 12.3 Å². The summed E-state index contributed by atoms with van der Waals surface area (Å²) in [6.45, 7) is 0.264. The summed E-state index contributed by atoms with van der Waals surface area (Å²) in [5.41, 5.74) is 4.78. The van der Waals surface area contributed by atoms with Crippen molar-refractivity contribution in [3.8, 4) is 0 Å². The Kier molecular flexibility index (Phi) is 3.87. The van der Waals surface area contributed by atoms with Crippen LogP contribution in [0.25, 0.3) is 0 Å². The summed E-state index contributed by atoms with van der Waals surface area (Å²) in [6.07, 6.45) is 1.63. The van der Waals surface area contributed by atoms with Crippen molar-refractivity contribution in [3.05, 3.63) is 0 Å². The molecule has 1 saturated carbocycles. The molecule has 0 bridgehead atoms. The van der Waals surface area contributed by atoms with Crippen molar-refractivity contribution < 1.29 is 13.2 Å².